The van der Waals surface area contributed by atoms with Crippen LogP contribution in [0.5, 0.6) is 0 Å². The first kappa shape index (κ1) is 11.8. The van der Waals surface area contributed by atoms with E-state index >= 15 is 0 Å². The highest BCUT2D eigenvalue weighted by Gasteiger charge is 2.11. The molecule has 90 valence electrons. The van der Waals surface area contributed by atoms with E-state index in [1.165, 1.54) is 11.3 Å². The Morgan fingerprint density at radius 2 is 2.18 bits per heavy atom. The van der Waals surface area contributed by atoms with Gasteiger partial charge in [0.2, 0.25) is 5.13 Å². The maximum Gasteiger partial charge on any atom is 0.260 e. The van der Waals surface area contributed by atoms with Crippen molar-refractivity contribution in [3.05, 3.63) is 28.2 Å². The minimum atomic E-state index is -0.0378. The zero-order chi connectivity index (χ0) is 12.4. The lowest BCUT2D eigenvalue weighted by Gasteiger charge is -2.03. The number of nitrogens with one attached hydrogen (secondary N) is 1. The summed E-state index contributed by atoms with van der Waals surface area (Å²) in [6, 6.07) is 3.71. The van der Waals surface area contributed by atoms with E-state index in [2.05, 4.69) is 15.5 Å². The van der Waals surface area contributed by atoms with Gasteiger partial charge in [0.25, 0.3) is 5.56 Å². The molecular formula is C11H14N4OS. The first-order valence-electron chi connectivity index (χ1n) is 5.38. The lowest BCUT2D eigenvalue weighted by atomic mass is 10.2. The molecule has 0 unspecified atom stereocenters. The van der Waals surface area contributed by atoms with E-state index in [1.54, 1.807) is 17.7 Å². The van der Waals surface area contributed by atoms with Gasteiger partial charge in [0.05, 0.1) is 5.56 Å². The van der Waals surface area contributed by atoms with Gasteiger partial charge >= 0.3 is 0 Å². The Morgan fingerprint density at radius 3 is 2.88 bits per heavy atom. The van der Waals surface area contributed by atoms with E-state index in [4.69, 9.17) is 0 Å². The fourth-order valence-corrected chi connectivity index (χ4v) is 2.27. The van der Waals surface area contributed by atoms with Crippen molar-refractivity contribution in [3.63, 3.8) is 0 Å². The van der Waals surface area contributed by atoms with Crippen LogP contribution in [-0.4, -0.2) is 21.3 Å². The van der Waals surface area contributed by atoms with Crippen LogP contribution in [0.4, 0.5) is 5.13 Å². The number of pyridine rings is 1. The summed E-state index contributed by atoms with van der Waals surface area (Å²) < 4.78 is 1.61. The van der Waals surface area contributed by atoms with Gasteiger partial charge in [0.15, 0.2) is 5.01 Å². The maximum absolute atomic E-state index is 12.0. The first-order valence-corrected chi connectivity index (χ1v) is 6.19. The molecule has 0 saturated carbocycles. The molecular weight excluding hydrogens is 236 g/mol. The number of nitrogens with zero attached hydrogens (tertiary/aromatic N) is 3. The summed E-state index contributed by atoms with van der Waals surface area (Å²) in [5.41, 5.74) is 1.49. The number of rotatable bonds is 3. The Bertz CT molecular complexity index is 587. The molecule has 0 aromatic carbocycles. The Kier molecular flexibility index (Phi) is 3.23. The van der Waals surface area contributed by atoms with Gasteiger partial charge in [-0.3, -0.25) is 4.79 Å². The summed E-state index contributed by atoms with van der Waals surface area (Å²) in [4.78, 5) is 12.0. The predicted octanol–water partition coefficient (Wildman–Crippen LogP) is 1.64. The third-order valence-electron chi connectivity index (χ3n) is 2.54. The van der Waals surface area contributed by atoms with E-state index < -0.39 is 0 Å². The molecule has 0 atom stereocenters. The summed E-state index contributed by atoms with van der Waals surface area (Å²) in [7, 11) is 1.76. The average Bonchev–Trinajstić information content (AvgIpc) is 2.75. The normalized spacial score (nSPS) is 10.5. The topological polar surface area (TPSA) is 59.8 Å². The van der Waals surface area contributed by atoms with Crippen molar-refractivity contribution in [2.45, 2.75) is 13.8 Å². The predicted molar refractivity (Wildman–Crippen MR) is 69.5 cm³/mol. The highest BCUT2D eigenvalue weighted by molar-refractivity contribution is 7.18. The molecule has 0 saturated heterocycles. The molecule has 5 nitrogen and oxygen atoms in total. The van der Waals surface area contributed by atoms with Crippen molar-refractivity contribution in [1.29, 1.82) is 0 Å². The molecule has 0 bridgehead atoms. The Labute approximate surface area is 103 Å². The van der Waals surface area contributed by atoms with E-state index in [-0.39, 0.29) is 5.56 Å². The Hall–Kier alpha value is -1.69. The van der Waals surface area contributed by atoms with Crippen LogP contribution in [0.25, 0.3) is 10.6 Å². The van der Waals surface area contributed by atoms with Gasteiger partial charge in [-0.05, 0) is 26.0 Å². The molecule has 1 N–H and O–H groups in total. The molecule has 17 heavy (non-hydrogen) atoms. The van der Waals surface area contributed by atoms with Crippen LogP contribution in [0.15, 0.2) is 16.9 Å². The zero-order valence-electron chi connectivity index (χ0n) is 10.0. The van der Waals surface area contributed by atoms with Crippen molar-refractivity contribution in [2.75, 3.05) is 11.9 Å². The van der Waals surface area contributed by atoms with E-state index in [0.717, 1.165) is 17.4 Å². The smallest absolute Gasteiger partial charge is 0.260 e. The van der Waals surface area contributed by atoms with Crippen LogP contribution in [0.3, 0.4) is 0 Å². The van der Waals surface area contributed by atoms with Crippen molar-refractivity contribution in [3.8, 4) is 10.6 Å². The number of hydrogen-bond acceptors (Lipinski definition) is 5. The third-order valence-corrected chi connectivity index (χ3v) is 3.45. The minimum Gasteiger partial charge on any atom is -0.360 e. The third kappa shape index (κ3) is 2.21. The first-order chi connectivity index (χ1) is 8.13. The molecule has 2 heterocycles. The molecule has 0 aliphatic rings. The Balaban J connectivity index is 2.46. The van der Waals surface area contributed by atoms with Crippen molar-refractivity contribution >= 4 is 16.5 Å². The molecule has 0 spiro atoms. The molecule has 2 aromatic rings. The molecule has 2 rings (SSSR count). The van der Waals surface area contributed by atoms with Crippen molar-refractivity contribution < 1.29 is 0 Å². The summed E-state index contributed by atoms with van der Waals surface area (Å²) >= 11 is 1.39. The second-order valence-electron chi connectivity index (χ2n) is 3.70. The number of hydrogen-bond donors (Lipinski definition) is 1. The van der Waals surface area contributed by atoms with Gasteiger partial charge in [-0.1, -0.05) is 11.3 Å². The number of anilines is 1. The highest BCUT2D eigenvalue weighted by atomic mass is 32.1. The van der Waals surface area contributed by atoms with Gasteiger partial charge in [-0.15, -0.1) is 10.2 Å². The van der Waals surface area contributed by atoms with Gasteiger partial charge in [0.1, 0.15) is 0 Å². The lowest BCUT2D eigenvalue weighted by Crippen LogP contribution is -2.20. The zero-order valence-corrected chi connectivity index (χ0v) is 10.8. The SMILES string of the molecule is CCNc1nnc(-c2ccc(C)n(C)c2=O)s1. The summed E-state index contributed by atoms with van der Waals surface area (Å²) in [5.74, 6) is 0. The largest absolute Gasteiger partial charge is 0.360 e. The van der Waals surface area contributed by atoms with Crippen LogP contribution in [0.1, 0.15) is 12.6 Å². The standard InChI is InChI=1S/C11H14N4OS/c1-4-12-11-14-13-9(17-11)8-6-5-7(2)15(3)10(8)16/h5-6H,4H2,1-3H3,(H,12,14). The Morgan fingerprint density at radius 1 is 1.41 bits per heavy atom. The van der Waals surface area contributed by atoms with Gasteiger partial charge in [0, 0.05) is 19.3 Å². The fourth-order valence-electron chi connectivity index (χ4n) is 1.45. The van der Waals surface area contributed by atoms with Gasteiger partial charge in [-0.25, -0.2) is 0 Å². The summed E-state index contributed by atoms with van der Waals surface area (Å²) in [5, 5.41) is 12.5. The van der Waals surface area contributed by atoms with Gasteiger partial charge < -0.3 is 9.88 Å². The molecule has 6 heteroatoms. The van der Waals surface area contributed by atoms with E-state index in [9.17, 15) is 4.79 Å². The van der Waals surface area contributed by atoms with Crippen molar-refractivity contribution in [2.24, 2.45) is 7.05 Å². The lowest BCUT2D eigenvalue weighted by molar-refractivity contribution is 0.820. The molecule has 0 aliphatic carbocycles. The quantitative estimate of drug-likeness (QED) is 0.899. The summed E-state index contributed by atoms with van der Waals surface area (Å²) in [6.45, 7) is 4.68. The van der Waals surface area contributed by atoms with Crippen LogP contribution in [0.2, 0.25) is 0 Å². The molecule has 0 radical (unpaired) electrons. The second-order valence-corrected chi connectivity index (χ2v) is 4.67. The highest BCUT2D eigenvalue weighted by Crippen LogP contribution is 2.23. The van der Waals surface area contributed by atoms with Crippen LogP contribution < -0.4 is 10.9 Å². The molecule has 0 fully saturated rings. The fraction of sp³-hybridized carbons (Fsp3) is 0.364. The van der Waals surface area contributed by atoms with Gasteiger partial charge in [-0.2, -0.15) is 0 Å². The van der Waals surface area contributed by atoms with Crippen LogP contribution in [0, 0.1) is 6.92 Å². The van der Waals surface area contributed by atoms with Crippen molar-refractivity contribution in [1.82, 2.24) is 14.8 Å². The molecule has 2 aromatic heterocycles. The number of aryl methyl sites for hydroxylation is 1. The monoisotopic (exact) mass is 250 g/mol. The van der Waals surface area contributed by atoms with E-state index in [0.29, 0.717) is 10.6 Å². The second kappa shape index (κ2) is 4.67. The van der Waals surface area contributed by atoms with E-state index in [1.807, 2.05) is 19.9 Å². The maximum atomic E-state index is 12.0. The average molecular weight is 250 g/mol. The minimum absolute atomic E-state index is 0.0378. The number of aromatic nitrogens is 3. The van der Waals surface area contributed by atoms with Crippen LogP contribution >= 0.6 is 11.3 Å². The molecule has 0 amide bonds. The molecule has 0 aliphatic heterocycles. The van der Waals surface area contributed by atoms with Crippen LogP contribution in [-0.2, 0) is 7.05 Å². The summed E-state index contributed by atoms with van der Waals surface area (Å²) in [6.07, 6.45) is 0.